The highest BCUT2D eigenvalue weighted by atomic mass is 79.9. The third kappa shape index (κ3) is 5.97. The van der Waals surface area contributed by atoms with Crippen molar-refractivity contribution < 1.29 is 4.79 Å². The first-order valence-electron chi connectivity index (χ1n) is 9.86. The lowest BCUT2D eigenvalue weighted by Gasteiger charge is -2.37. The van der Waals surface area contributed by atoms with Gasteiger partial charge in [0.05, 0.1) is 0 Å². The topological polar surface area (TPSA) is 47.6 Å². The van der Waals surface area contributed by atoms with E-state index in [2.05, 4.69) is 68.4 Å². The van der Waals surface area contributed by atoms with Gasteiger partial charge >= 0.3 is 6.03 Å². The van der Waals surface area contributed by atoms with Crippen LogP contribution in [-0.2, 0) is 0 Å². The normalized spacial score (nSPS) is 14.8. The maximum atomic E-state index is 12.0. The molecule has 5 nitrogen and oxygen atoms in total. The second-order valence-corrected chi connectivity index (χ2v) is 8.28. The van der Waals surface area contributed by atoms with Crippen LogP contribution < -0.4 is 15.5 Å². The Balaban J connectivity index is 1.34. The molecule has 0 spiro atoms. The quantitative estimate of drug-likeness (QED) is 0.648. The lowest BCUT2D eigenvalue weighted by atomic mass is 10.1. The molecule has 2 N–H and O–H groups in total. The van der Waals surface area contributed by atoms with Crippen LogP contribution in [0.3, 0.4) is 0 Å². The van der Waals surface area contributed by atoms with Crippen LogP contribution in [0.2, 0.25) is 0 Å². The summed E-state index contributed by atoms with van der Waals surface area (Å²) in [5.41, 5.74) is 4.82. The molecular formula is C22H29BrN4O. The Bertz CT molecular complexity index is 786. The van der Waals surface area contributed by atoms with Crippen LogP contribution in [0.5, 0.6) is 0 Å². The average molecular weight is 445 g/mol. The van der Waals surface area contributed by atoms with Gasteiger partial charge < -0.3 is 15.5 Å². The van der Waals surface area contributed by atoms with E-state index in [1.54, 1.807) is 0 Å². The van der Waals surface area contributed by atoms with Crippen molar-refractivity contribution in [3.8, 4) is 0 Å². The number of halogens is 1. The van der Waals surface area contributed by atoms with Crippen molar-refractivity contribution in [1.29, 1.82) is 0 Å². The highest BCUT2D eigenvalue weighted by Gasteiger charge is 2.18. The Morgan fingerprint density at radius 1 is 1.04 bits per heavy atom. The van der Waals surface area contributed by atoms with E-state index in [9.17, 15) is 4.79 Å². The first-order chi connectivity index (χ1) is 13.5. The van der Waals surface area contributed by atoms with Gasteiger partial charge in [0.25, 0.3) is 0 Å². The number of rotatable bonds is 6. The van der Waals surface area contributed by atoms with Crippen molar-refractivity contribution in [2.75, 3.05) is 49.5 Å². The summed E-state index contributed by atoms with van der Waals surface area (Å²) in [4.78, 5) is 16.9. The molecule has 1 aliphatic rings. The van der Waals surface area contributed by atoms with E-state index in [0.29, 0.717) is 6.54 Å². The van der Waals surface area contributed by atoms with Gasteiger partial charge in [-0.3, -0.25) is 4.90 Å². The van der Waals surface area contributed by atoms with E-state index in [1.807, 2.05) is 24.3 Å². The summed E-state index contributed by atoms with van der Waals surface area (Å²) in [6.07, 6.45) is 0.956. The number of amides is 2. The standard InChI is InChI=1S/C22H29BrN4O/c1-17-4-5-18(2)21(16-17)27-14-12-26(13-15-27)11-3-10-24-22(28)25-20-8-6-19(23)7-9-20/h4-9,16H,3,10-15H2,1-2H3,(H2,24,25,28). The molecule has 3 rings (SSSR count). The summed E-state index contributed by atoms with van der Waals surface area (Å²) < 4.78 is 0.996. The zero-order chi connectivity index (χ0) is 19.9. The highest BCUT2D eigenvalue weighted by molar-refractivity contribution is 9.10. The minimum Gasteiger partial charge on any atom is -0.369 e. The smallest absolute Gasteiger partial charge is 0.319 e. The molecule has 1 heterocycles. The molecule has 1 saturated heterocycles. The van der Waals surface area contributed by atoms with Crippen molar-refractivity contribution in [3.05, 3.63) is 58.1 Å². The van der Waals surface area contributed by atoms with E-state index in [1.165, 1.54) is 16.8 Å². The number of hydrogen-bond donors (Lipinski definition) is 2. The predicted molar refractivity (Wildman–Crippen MR) is 120 cm³/mol. The molecule has 2 aromatic carbocycles. The summed E-state index contributed by atoms with van der Waals surface area (Å²) in [5.74, 6) is 0. The molecule has 0 saturated carbocycles. The van der Waals surface area contributed by atoms with E-state index < -0.39 is 0 Å². The SMILES string of the molecule is Cc1ccc(C)c(N2CCN(CCCNC(=O)Nc3ccc(Br)cc3)CC2)c1. The van der Waals surface area contributed by atoms with E-state index in [4.69, 9.17) is 0 Å². The Labute approximate surface area is 176 Å². The number of carbonyl (C=O) groups is 1. The fourth-order valence-corrected chi connectivity index (χ4v) is 3.75. The number of benzene rings is 2. The van der Waals surface area contributed by atoms with Crippen molar-refractivity contribution in [2.24, 2.45) is 0 Å². The average Bonchev–Trinajstić information content (AvgIpc) is 2.69. The number of nitrogens with zero attached hydrogens (tertiary/aromatic N) is 2. The van der Waals surface area contributed by atoms with Crippen LogP contribution in [0, 0.1) is 13.8 Å². The molecule has 150 valence electrons. The molecule has 2 aromatic rings. The molecule has 0 atom stereocenters. The van der Waals surface area contributed by atoms with Gasteiger partial charge in [0.1, 0.15) is 0 Å². The minimum absolute atomic E-state index is 0.151. The molecule has 0 unspecified atom stereocenters. The summed E-state index contributed by atoms with van der Waals surface area (Å²) in [7, 11) is 0. The van der Waals surface area contributed by atoms with Gasteiger partial charge in [-0.25, -0.2) is 4.79 Å². The van der Waals surface area contributed by atoms with Crippen LogP contribution in [-0.4, -0.2) is 50.2 Å². The van der Waals surface area contributed by atoms with Gasteiger partial charge in [-0.2, -0.15) is 0 Å². The van der Waals surface area contributed by atoms with Crippen LogP contribution in [0.4, 0.5) is 16.2 Å². The molecule has 0 bridgehead atoms. The Hall–Kier alpha value is -2.05. The number of hydrogen-bond acceptors (Lipinski definition) is 3. The molecule has 1 fully saturated rings. The summed E-state index contributed by atoms with van der Waals surface area (Å²) in [6.45, 7) is 10.3. The first kappa shape index (κ1) is 20.7. The number of anilines is 2. The van der Waals surface area contributed by atoms with E-state index in [0.717, 1.165) is 49.3 Å². The number of aryl methyl sites for hydroxylation is 2. The molecular weight excluding hydrogens is 416 g/mol. The highest BCUT2D eigenvalue weighted by Crippen LogP contribution is 2.22. The second-order valence-electron chi connectivity index (χ2n) is 7.36. The zero-order valence-corrected chi connectivity index (χ0v) is 18.3. The van der Waals surface area contributed by atoms with E-state index in [-0.39, 0.29) is 6.03 Å². The first-order valence-corrected chi connectivity index (χ1v) is 10.7. The molecule has 28 heavy (non-hydrogen) atoms. The largest absolute Gasteiger partial charge is 0.369 e. The molecule has 1 aliphatic heterocycles. The fourth-order valence-electron chi connectivity index (χ4n) is 3.49. The Kier molecular flexibility index (Phi) is 7.34. The predicted octanol–water partition coefficient (Wildman–Crippen LogP) is 4.40. The van der Waals surface area contributed by atoms with Gasteiger partial charge in [-0.05, 0) is 68.3 Å². The number of carbonyl (C=O) groups excluding carboxylic acids is 1. The molecule has 6 heteroatoms. The number of nitrogens with one attached hydrogen (secondary N) is 2. The van der Waals surface area contributed by atoms with Crippen molar-refractivity contribution in [1.82, 2.24) is 10.2 Å². The minimum atomic E-state index is -0.151. The van der Waals surface area contributed by atoms with Gasteiger partial charge in [-0.15, -0.1) is 0 Å². The molecule has 0 aliphatic carbocycles. The van der Waals surface area contributed by atoms with Gasteiger partial charge in [-0.1, -0.05) is 28.1 Å². The van der Waals surface area contributed by atoms with Gasteiger partial charge in [0.2, 0.25) is 0 Å². The molecule has 2 amide bonds. The van der Waals surface area contributed by atoms with Crippen molar-refractivity contribution in [2.45, 2.75) is 20.3 Å². The zero-order valence-electron chi connectivity index (χ0n) is 16.7. The van der Waals surface area contributed by atoms with Crippen molar-refractivity contribution >= 4 is 33.3 Å². The van der Waals surface area contributed by atoms with Crippen LogP contribution >= 0.6 is 15.9 Å². The monoisotopic (exact) mass is 444 g/mol. The third-order valence-electron chi connectivity index (χ3n) is 5.12. The Morgan fingerprint density at radius 3 is 2.46 bits per heavy atom. The van der Waals surface area contributed by atoms with Crippen LogP contribution in [0.15, 0.2) is 46.9 Å². The summed E-state index contributed by atoms with van der Waals surface area (Å²) in [5, 5.41) is 5.78. The maximum absolute atomic E-state index is 12.0. The van der Waals surface area contributed by atoms with Crippen LogP contribution in [0.1, 0.15) is 17.5 Å². The lowest BCUT2D eigenvalue weighted by Crippen LogP contribution is -2.47. The third-order valence-corrected chi connectivity index (χ3v) is 5.65. The van der Waals surface area contributed by atoms with Gasteiger partial charge in [0, 0.05) is 48.6 Å². The lowest BCUT2D eigenvalue weighted by molar-refractivity contribution is 0.244. The second kappa shape index (κ2) is 9.94. The molecule has 0 radical (unpaired) electrons. The maximum Gasteiger partial charge on any atom is 0.319 e. The summed E-state index contributed by atoms with van der Waals surface area (Å²) >= 11 is 3.39. The fraction of sp³-hybridized carbons (Fsp3) is 0.409. The number of urea groups is 1. The Morgan fingerprint density at radius 2 is 1.75 bits per heavy atom. The number of piperazine rings is 1. The summed E-state index contributed by atoms with van der Waals surface area (Å²) in [6, 6.07) is 14.1. The van der Waals surface area contributed by atoms with Gasteiger partial charge in [0.15, 0.2) is 0 Å². The van der Waals surface area contributed by atoms with Crippen molar-refractivity contribution in [3.63, 3.8) is 0 Å². The molecule has 0 aromatic heterocycles. The van der Waals surface area contributed by atoms with E-state index >= 15 is 0 Å². The van der Waals surface area contributed by atoms with Crippen LogP contribution in [0.25, 0.3) is 0 Å².